The zero-order valence-electron chi connectivity index (χ0n) is 40.3. The Kier molecular flexibility index (Phi) is 30.1. The summed E-state index contributed by atoms with van der Waals surface area (Å²) in [6.07, 6.45) is 2.26. The number of carbonyl (C=O) groups excluding carboxylic acids is 8. The molecule has 0 aliphatic heterocycles. The van der Waals surface area contributed by atoms with Gasteiger partial charge in [0.2, 0.25) is 47.3 Å². The number of nitrogens with two attached hydrogens (primary N) is 3. The predicted molar refractivity (Wildman–Crippen MR) is 253 cm³/mol. The first-order valence-electron chi connectivity index (χ1n) is 22.6. The summed E-state index contributed by atoms with van der Waals surface area (Å²) in [6, 6.07) is -10.5. The first-order valence-corrected chi connectivity index (χ1v) is 24.0. The van der Waals surface area contributed by atoms with Crippen molar-refractivity contribution in [3.63, 3.8) is 0 Å². The Morgan fingerprint density at radius 1 is 0.618 bits per heavy atom. The van der Waals surface area contributed by atoms with Gasteiger partial charge in [-0.05, 0) is 68.8 Å². The number of aliphatic carboxylic acids is 2. The van der Waals surface area contributed by atoms with E-state index in [2.05, 4.69) is 47.5 Å². The maximum Gasteiger partial charge on any atom is 0.326 e. The fraction of sp³-hybridized carbons (Fsp3) is 0.738. The van der Waals surface area contributed by atoms with Crippen molar-refractivity contribution in [1.82, 2.24) is 42.5 Å². The van der Waals surface area contributed by atoms with Crippen molar-refractivity contribution in [3.8, 4) is 0 Å². The maximum atomic E-state index is 13.8. The molecule has 0 aromatic carbocycles. The molecule has 0 spiro atoms. The summed E-state index contributed by atoms with van der Waals surface area (Å²) in [5.41, 5.74) is 16.6. The van der Waals surface area contributed by atoms with E-state index >= 15 is 0 Å². The number of rotatable bonds is 34. The van der Waals surface area contributed by atoms with Gasteiger partial charge in [0.05, 0.1) is 19.2 Å². The number of carboxylic acids is 2. The van der Waals surface area contributed by atoms with Gasteiger partial charge in [-0.2, -0.15) is 11.8 Å². The van der Waals surface area contributed by atoms with Gasteiger partial charge in [-0.1, -0.05) is 54.4 Å². The summed E-state index contributed by atoms with van der Waals surface area (Å²) in [5, 5.41) is 48.6. The Morgan fingerprint density at radius 2 is 1.15 bits per heavy atom. The molecule has 26 heteroatoms. The first-order chi connectivity index (χ1) is 31.8. The smallest absolute Gasteiger partial charge is 0.326 e. The van der Waals surface area contributed by atoms with Crippen molar-refractivity contribution < 1.29 is 63.3 Å². The molecule has 0 aliphatic carbocycles. The molecule has 0 aromatic rings. The summed E-state index contributed by atoms with van der Waals surface area (Å²) in [7, 11) is 0. The van der Waals surface area contributed by atoms with Gasteiger partial charge in [-0.3, -0.25) is 48.1 Å². The fourth-order valence-corrected chi connectivity index (χ4v) is 6.70. The third-order valence-corrected chi connectivity index (χ3v) is 11.4. The van der Waals surface area contributed by atoms with Crippen molar-refractivity contribution >= 4 is 76.9 Å². The molecule has 0 saturated carbocycles. The lowest BCUT2D eigenvalue weighted by Crippen LogP contribution is -2.61. The van der Waals surface area contributed by atoms with Crippen LogP contribution in [0.2, 0.25) is 0 Å². The van der Waals surface area contributed by atoms with Crippen molar-refractivity contribution in [1.29, 1.82) is 0 Å². The van der Waals surface area contributed by atoms with E-state index in [1.165, 1.54) is 18.7 Å². The molecular formula is C42H76N12O13S. The van der Waals surface area contributed by atoms with Gasteiger partial charge in [-0.25, -0.2) is 4.79 Å². The Bertz CT molecular complexity index is 1740. The van der Waals surface area contributed by atoms with Gasteiger partial charge < -0.3 is 75.1 Å². The highest BCUT2D eigenvalue weighted by atomic mass is 32.2. The van der Waals surface area contributed by atoms with E-state index < -0.39 is 145 Å². The molecule has 0 fully saturated rings. The molecule has 0 rings (SSSR count). The van der Waals surface area contributed by atoms with Gasteiger partial charge >= 0.3 is 11.9 Å². The molecule has 8 amide bonds. The number of carboxylic acid groups (broad SMARTS) is 2. The van der Waals surface area contributed by atoms with Crippen molar-refractivity contribution in [3.05, 3.63) is 0 Å². The van der Waals surface area contributed by atoms with E-state index in [0.29, 0.717) is 25.0 Å². The molecule has 0 aromatic heterocycles. The summed E-state index contributed by atoms with van der Waals surface area (Å²) >= 11 is 1.40. The lowest BCUT2D eigenvalue weighted by atomic mass is 9.96. The van der Waals surface area contributed by atoms with Crippen LogP contribution in [0.25, 0.3) is 0 Å². The number of amides is 8. The standard InChI is InChI=1S/C42H76N12O13S/c1-9-22(5)32(53-35(60)25(43)12-11-16-46-42(44)45)39(64)48-24(7)34(59)50-26(13-14-31(57)58)37(62)52-29(20-55)38(63)54-33(23(6)10-2)40(65)51-28(18-21(3)4)36(61)47-19-30(56)49-27(41(66)67)15-17-68-8/h21-29,32-33,55H,9-20,43H2,1-8H3,(H,47,61)(H,48,64)(H,49,56)(H,50,59)(H,51,65)(H,52,62)(H,53,60)(H,54,63)(H,57,58)(H,66,67)(H4,44,45,46)/t22-,23-,24-,25-,26-,27-,28-,29-,32-,33-/m0/s1. The molecule has 388 valence electrons. The molecule has 0 bridgehead atoms. The molecule has 68 heavy (non-hydrogen) atoms. The van der Waals surface area contributed by atoms with E-state index in [-0.39, 0.29) is 37.7 Å². The van der Waals surface area contributed by atoms with Crippen LogP contribution < -0.4 is 59.7 Å². The van der Waals surface area contributed by atoms with Crippen LogP contribution in [0.5, 0.6) is 0 Å². The number of aliphatic imine (C=N–C) groups is 1. The average Bonchev–Trinajstić information content (AvgIpc) is 3.27. The predicted octanol–water partition coefficient (Wildman–Crippen LogP) is -3.27. The monoisotopic (exact) mass is 989 g/mol. The van der Waals surface area contributed by atoms with Crippen LogP contribution in [-0.2, 0) is 47.9 Å². The second-order valence-corrected chi connectivity index (χ2v) is 17.9. The molecule has 0 radical (unpaired) electrons. The van der Waals surface area contributed by atoms with E-state index in [1.807, 2.05) is 0 Å². The second-order valence-electron chi connectivity index (χ2n) is 16.9. The summed E-state index contributed by atoms with van der Waals surface area (Å²) in [5.74, 6) is -10.2. The van der Waals surface area contributed by atoms with E-state index in [0.717, 1.165) is 0 Å². The number of aliphatic hydroxyl groups excluding tert-OH is 1. The average molecular weight is 989 g/mol. The van der Waals surface area contributed by atoms with Crippen LogP contribution in [0.3, 0.4) is 0 Å². The Labute approximate surface area is 401 Å². The molecular weight excluding hydrogens is 913 g/mol. The third-order valence-electron chi connectivity index (χ3n) is 10.7. The molecule has 10 atom stereocenters. The van der Waals surface area contributed by atoms with Crippen LogP contribution in [-0.4, -0.2) is 161 Å². The third kappa shape index (κ3) is 24.3. The summed E-state index contributed by atoms with van der Waals surface area (Å²) in [4.78, 5) is 133. The van der Waals surface area contributed by atoms with Gasteiger partial charge in [0.1, 0.15) is 42.3 Å². The highest BCUT2D eigenvalue weighted by Gasteiger charge is 2.35. The number of aliphatic hydroxyl groups is 1. The maximum absolute atomic E-state index is 13.8. The van der Waals surface area contributed by atoms with Crippen LogP contribution in [0.15, 0.2) is 4.99 Å². The quantitative estimate of drug-likeness (QED) is 0.0171. The van der Waals surface area contributed by atoms with Crippen molar-refractivity contribution in [2.24, 2.45) is 39.9 Å². The normalized spacial score (nSPS) is 15.5. The molecule has 17 N–H and O–H groups in total. The Morgan fingerprint density at radius 3 is 1.65 bits per heavy atom. The number of carbonyl (C=O) groups is 10. The van der Waals surface area contributed by atoms with Gasteiger partial charge in [0.15, 0.2) is 5.96 Å². The minimum atomic E-state index is -1.74. The largest absolute Gasteiger partial charge is 0.481 e. The lowest BCUT2D eigenvalue weighted by Gasteiger charge is -2.29. The van der Waals surface area contributed by atoms with E-state index in [9.17, 15) is 63.3 Å². The molecule has 0 heterocycles. The number of thioether (sulfide) groups is 1. The number of guanidine groups is 1. The summed E-state index contributed by atoms with van der Waals surface area (Å²) in [6.45, 7) is 10.3. The van der Waals surface area contributed by atoms with Gasteiger partial charge in [-0.15, -0.1) is 0 Å². The van der Waals surface area contributed by atoms with Gasteiger partial charge in [0.25, 0.3) is 0 Å². The summed E-state index contributed by atoms with van der Waals surface area (Å²) < 4.78 is 0. The first kappa shape index (κ1) is 62.2. The van der Waals surface area contributed by atoms with Crippen LogP contribution in [0.1, 0.15) is 99.8 Å². The molecule has 0 saturated heterocycles. The number of hydrogen-bond acceptors (Lipinski definition) is 14. The molecule has 0 aliphatic rings. The topological polar surface area (TPSA) is 418 Å². The zero-order valence-corrected chi connectivity index (χ0v) is 41.2. The van der Waals surface area contributed by atoms with E-state index in [4.69, 9.17) is 17.2 Å². The van der Waals surface area contributed by atoms with Crippen LogP contribution in [0, 0.1) is 17.8 Å². The lowest BCUT2D eigenvalue weighted by molar-refractivity contribution is -0.142. The van der Waals surface area contributed by atoms with E-state index in [1.54, 1.807) is 47.8 Å². The van der Waals surface area contributed by atoms with Crippen LogP contribution in [0.4, 0.5) is 0 Å². The molecule has 25 nitrogen and oxygen atoms in total. The fourth-order valence-electron chi connectivity index (χ4n) is 6.23. The van der Waals surface area contributed by atoms with Crippen LogP contribution >= 0.6 is 11.8 Å². The van der Waals surface area contributed by atoms with Crippen molar-refractivity contribution in [2.75, 3.05) is 31.7 Å². The SMILES string of the molecule is CC[C@H](C)[C@H](NC(=O)[C@H](CO)NC(=O)[C@H](CCC(=O)O)NC(=O)[C@H](C)NC(=O)[C@@H](NC(=O)[C@@H](N)CCCN=C(N)N)[C@@H](C)CC)C(=O)N[C@@H](CC(C)C)C(=O)NCC(=O)N[C@@H](CCSC)C(=O)O. The number of hydrogen-bond donors (Lipinski definition) is 14. The number of nitrogens with zero attached hydrogens (tertiary/aromatic N) is 1. The highest BCUT2D eigenvalue weighted by Crippen LogP contribution is 2.13. The Hall–Kier alpha value is -5.76. The molecule has 0 unspecified atom stereocenters. The Balaban J connectivity index is 6.05. The highest BCUT2D eigenvalue weighted by molar-refractivity contribution is 7.98. The zero-order chi connectivity index (χ0) is 52.3. The second kappa shape index (κ2) is 32.9. The number of nitrogens with one attached hydrogen (secondary N) is 8. The minimum Gasteiger partial charge on any atom is -0.481 e. The minimum absolute atomic E-state index is 0.0975. The van der Waals surface area contributed by atoms with Gasteiger partial charge in [0, 0.05) is 13.0 Å². The van der Waals surface area contributed by atoms with Crippen molar-refractivity contribution in [2.45, 2.75) is 148 Å².